The van der Waals surface area contributed by atoms with Crippen LogP contribution in [0.5, 0.6) is 0 Å². The largest absolute Gasteiger partial charge is 0.394 e. The molecule has 4 N–H and O–H groups in total. The lowest BCUT2D eigenvalue weighted by atomic mass is 9.93. The van der Waals surface area contributed by atoms with E-state index in [4.69, 9.17) is 4.74 Å². The molecular formula is C14H19N5O4. The zero-order chi connectivity index (χ0) is 16.0. The van der Waals surface area contributed by atoms with Gasteiger partial charge in [0.25, 0.3) is 0 Å². The third kappa shape index (κ3) is 2.36. The van der Waals surface area contributed by atoms with Gasteiger partial charge in [-0.3, -0.25) is 4.57 Å². The molecule has 0 spiro atoms. The number of ether oxygens (including phenoxy) is 1. The van der Waals surface area contributed by atoms with Gasteiger partial charge >= 0.3 is 0 Å². The van der Waals surface area contributed by atoms with Crippen LogP contribution in [0.4, 0.5) is 5.82 Å². The van der Waals surface area contributed by atoms with Gasteiger partial charge in [0, 0.05) is 6.04 Å². The lowest BCUT2D eigenvalue weighted by Crippen LogP contribution is -2.33. The normalized spacial score (nSPS) is 31.4. The summed E-state index contributed by atoms with van der Waals surface area (Å²) in [4.78, 5) is 12.8. The summed E-state index contributed by atoms with van der Waals surface area (Å²) in [6, 6.07) is 0.409. The highest BCUT2D eigenvalue weighted by Crippen LogP contribution is 2.32. The van der Waals surface area contributed by atoms with E-state index < -0.39 is 24.5 Å². The number of hydrogen-bond acceptors (Lipinski definition) is 8. The molecule has 0 amide bonds. The number of imidazole rings is 1. The molecule has 2 aromatic heterocycles. The predicted molar refractivity (Wildman–Crippen MR) is 79.6 cm³/mol. The molecule has 2 aromatic rings. The highest BCUT2D eigenvalue weighted by molar-refractivity contribution is 5.82. The molecule has 4 atom stereocenters. The molecule has 3 heterocycles. The molecule has 4 unspecified atom stereocenters. The molecular weight excluding hydrogens is 302 g/mol. The standard InChI is InChI=1S/C14H19N5O4/c20-4-8-10(21)11(22)14(23-8)19-6-17-9-12(15-5-16-13(9)19)18-7-2-1-3-7/h5-8,10-11,14,20-22H,1-4H2,(H,15,16,18). The molecule has 9 heteroatoms. The van der Waals surface area contributed by atoms with E-state index in [2.05, 4.69) is 20.3 Å². The van der Waals surface area contributed by atoms with Crippen molar-refractivity contribution in [3.05, 3.63) is 12.7 Å². The van der Waals surface area contributed by atoms with Crippen molar-refractivity contribution in [1.82, 2.24) is 19.5 Å². The molecule has 0 radical (unpaired) electrons. The Morgan fingerprint density at radius 1 is 1.22 bits per heavy atom. The van der Waals surface area contributed by atoms with Crippen LogP contribution in [0.2, 0.25) is 0 Å². The van der Waals surface area contributed by atoms with Gasteiger partial charge in [0.15, 0.2) is 23.2 Å². The maximum atomic E-state index is 10.2. The summed E-state index contributed by atoms with van der Waals surface area (Å²) in [7, 11) is 0. The Morgan fingerprint density at radius 2 is 2.04 bits per heavy atom. The number of rotatable bonds is 4. The van der Waals surface area contributed by atoms with E-state index in [0.29, 0.717) is 23.0 Å². The van der Waals surface area contributed by atoms with Crippen molar-refractivity contribution in [3.63, 3.8) is 0 Å². The first kappa shape index (κ1) is 14.8. The Labute approximate surface area is 132 Å². The van der Waals surface area contributed by atoms with Crippen LogP contribution >= 0.6 is 0 Å². The van der Waals surface area contributed by atoms with Gasteiger partial charge in [-0.25, -0.2) is 15.0 Å². The topological polar surface area (TPSA) is 126 Å². The highest BCUT2D eigenvalue weighted by Gasteiger charge is 2.44. The highest BCUT2D eigenvalue weighted by atomic mass is 16.6. The average Bonchev–Trinajstić information content (AvgIpc) is 3.06. The first-order valence-corrected chi connectivity index (χ1v) is 7.75. The molecule has 1 saturated heterocycles. The fraction of sp³-hybridized carbons (Fsp3) is 0.643. The number of aliphatic hydroxyl groups excluding tert-OH is 3. The van der Waals surface area contributed by atoms with Gasteiger partial charge in [-0.2, -0.15) is 0 Å². The summed E-state index contributed by atoms with van der Waals surface area (Å²) in [6.45, 7) is -0.370. The van der Waals surface area contributed by atoms with Gasteiger partial charge < -0.3 is 25.4 Å². The molecule has 1 aliphatic heterocycles. The van der Waals surface area contributed by atoms with Crippen LogP contribution in [0.25, 0.3) is 11.2 Å². The molecule has 23 heavy (non-hydrogen) atoms. The van der Waals surface area contributed by atoms with Crippen LogP contribution < -0.4 is 5.32 Å². The maximum absolute atomic E-state index is 10.2. The zero-order valence-corrected chi connectivity index (χ0v) is 12.4. The molecule has 124 valence electrons. The minimum atomic E-state index is -1.16. The maximum Gasteiger partial charge on any atom is 0.167 e. The number of hydrogen-bond donors (Lipinski definition) is 4. The Bertz CT molecular complexity index is 704. The third-order valence-electron chi connectivity index (χ3n) is 4.60. The van der Waals surface area contributed by atoms with Gasteiger partial charge in [-0.05, 0) is 19.3 Å². The summed E-state index contributed by atoms with van der Waals surface area (Å²) in [5.74, 6) is 0.658. The second-order valence-corrected chi connectivity index (χ2v) is 6.05. The van der Waals surface area contributed by atoms with Crippen molar-refractivity contribution < 1.29 is 20.1 Å². The smallest absolute Gasteiger partial charge is 0.167 e. The monoisotopic (exact) mass is 321 g/mol. The van der Waals surface area contributed by atoms with Crippen LogP contribution in [0, 0.1) is 0 Å². The van der Waals surface area contributed by atoms with Crippen LogP contribution in [0.1, 0.15) is 25.5 Å². The van der Waals surface area contributed by atoms with Crippen molar-refractivity contribution in [2.75, 3.05) is 11.9 Å². The fourth-order valence-corrected chi connectivity index (χ4v) is 3.00. The van der Waals surface area contributed by atoms with Gasteiger partial charge in [0.1, 0.15) is 24.6 Å². The van der Waals surface area contributed by atoms with Crippen molar-refractivity contribution in [2.24, 2.45) is 0 Å². The lowest BCUT2D eigenvalue weighted by Gasteiger charge is -2.26. The molecule has 9 nitrogen and oxygen atoms in total. The van der Waals surface area contributed by atoms with Crippen LogP contribution in [-0.2, 0) is 4.74 Å². The molecule has 2 fully saturated rings. The summed E-state index contributed by atoms with van der Waals surface area (Å²) in [5, 5.41) is 32.6. The average molecular weight is 321 g/mol. The zero-order valence-electron chi connectivity index (χ0n) is 12.4. The van der Waals surface area contributed by atoms with E-state index in [9.17, 15) is 15.3 Å². The van der Waals surface area contributed by atoms with E-state index in [1.807, 2.05) is 0 Å². The number of nitrogens with zero attached hydrogens (tertiary/aromatic N) is 4. The first-order valence-electron chi connectivity index (χ1n) is 7.75. The number of aromatic nitrogens is 4. The van der Waals surface area contributed by atoms with Crippen molar-refractivity contribution in [3.8, 4) is 0 Å². The van der Waals surface area contributed by atoms with E-state index >= 15 is 0 Å². The Morgan fingerprint density at radius 3 is 2.70 bits per heavy atom. The first-order chi connectivity index (χ1) is 11.2. The summed E-state index contributed by atoms with van der Waals surface area (Å²) >= 11 is 0. The van der Waals surface area contributed by atoms with E-state index in [0.717, 1.165) is 12.8 Å². The van der Waals surface area contributed by atoms with E-state index in [1.165, 1.54) is 19.1 Å². The van der Waals surface area contributed by atoms with Gasteiger partial charge in [-0.15, -0.1) is 0 Å². The Kier molecular flexibility index (Phi) is 3.64. The van der Waals surface area contributed by atoms with Gasteiger partial charge in [-0.1, -0.05) is 0 Å². The second kappa shape index (κ2) is 5.68. The number of aliphatic hydroxyl groups is 3. The molecule has 4 rings (SSSR count). The molecule has 1 aliphatic carbocycles. The van der Waals surface area contributed by atoms with Crippen molar-refractivity contribution in [1.29, 1.82) is 0 Å². The van der Waals surface area contributed by atoms with E-state index in [1.54, 1.807) is 4.57 Å². The summed E-state index contributed by atoms with van der Waals surface area (Å²) in [5.41, 5.74) is 1.11. The Hall–Kier alpha value is -1.81. The van der Waals surface area contributed by atoms with Crippen molar-refractivity contribution in [2.45, 2.75) is 49.8 Å². The molecule has 1 saturated carbocycles. The third-order valence-corrected chi connectivity index (χ3v) is 4.60. The minimum Gasteiger partial charge on any atom is -0.394 e. The Balaban J connectivity index is 1.67. The summed E-state index contributed by atoms with van der Waals surface area (Å²) in [6.07, 6.45) is 2.37. The van der Waals surface area contributed by atoms with Gasteiger partial charge in [0.2, 0.25) is 0 Å². The molecule has 2 aliphatic rings. The van der Waals surface area contributed by atoms with Crippen molar-refractivity contribution >= 4 is 17.0 Å². The quantitative estimate of drug-likeness (QED) is 0.588. The van der Waals surface area contributed by atoms with Crippen LogP contribution in [-0.4, -0.2) is 65.8 Å². The van der Waals surface area contributed by atoms with Gasteiger partial charge in [0.05, 0.1) is 12.9 Å². The summed E-state index contributed by atoms with van der Waals surface area (Å²) < 4.78 is 7.10. The number of nitrogens with one attached hydrogen (secondary N) is 1. The molecule has 0 bridgehead atoms. The van der Waals surface area contributed by atoms with E-state index in [-0.39, 0.29) is 6.61 Å². The lowest BCUT2D eigenvalue weighted by molar-refractivity contribution is -0.0511. The fourth-order valence-electron chi connectivity index (χ4n) is 3.00. The molecule has 0 aromatic carbocycles. The number of anilines is 1. The van der Waals surface area contributed by atoms with Crippen LogP contribution in [0.3, 0.4) is 0 Å². The predicted octanol–water partition coefficient (Wildman–Crippen LogP) is -0.598. The number of fused-ring (bicyclic) bond motifs is 1. The van der Waals surface area contributed by atoms with Crippen LogP contribution in [0.15, 0.2) is 12.7 Å². The second-order valence-electron chi connectivity index (χ2n) is 6.05. The SMILES string of the molecule is OCC1OC(n2cnc3c(NC4CCC4)ncnc32)C(O)C1O. The minimum absolute atomic E-state index is 0.370.